The molecule has 0 aliphatic heterocycles. The van der Waals surface area contributed by atoms with Crippen molar-refractivity contribution in [1.82, 2.24) is 24.3 Å². The fourth-order valence-electron chi connectivity index (χ4n) is 2.96. The SMILES string of the molecule is Cc1cc(C(=O)CSc2nc3ncccn3n2)c(C)n1NC(=O)c1ccccc1. The molecular formula is C20H18N6O2S. The number of nitrogens with zero attached hydrogens (tertiary/aromatic N) is 5. The molecule has 0 saturated carbocycles. The van der Waals surface area contributed by atoms with Gasteiger partial charge in [0, 0.05) is 34.9 Å². The largest absolute Gasteiger partial charge is 0.293 e. The van der Waals surface area contributed by atoms with Crippen molar-refractivity contribution in [3.63, 3.8) is 0 Å². The van der Waals surface area contributed by atoms with Crippen LogP contribution in [0, 0.1) is 13.8 Å². The number of carbonyl (C=O) groups is 2. The van der Waals surface area contributed by atoms with Crippen LogP contribution in [0.3, 0.4) is 0 Å². The topological polar surface area (TPSA) is 94.2 Å². The third-order valence-corrected chi connectivity index (χ3v) is 5.25. The normalized spacial score (nSPS) is 11.0. The summed E-state index contributed by atoms with van der Waals surface area (Å²) in [4.78, 5) is 33.6. The number of hydrogen-bond acceptors (Lipinski definition) is 6. The first-order valence-electron chi connectivity index (χ1n) is 8.91. The van der Waals surface area contributed by atoms with Gasteiger partial charge >= 0.3 is 0 Å². The van der Waals surface area contributed by atoms with Crippen molar-refractivity contribution in [2.75, 3.05) is 11.2 Å². The summed E-state index contributed by atoms with van der Waals surface area (Å²) >= 11 is 1.25. The van der Waals surface area contributed by atoms with Gasteiger partial charge in [-0.1, -0.05) is 30.0 Å². The van der Waals surface area contributed by atoms with Gasteiger partial charge in [0.1, 0.15) is 0 Å². The molecule has 0 aliphatic carbocycles. The maximum absolute atomic E-state index is 12.8. The standard InChI is InChI=1S/C20H18N6O2S/c1-13-11-16(14(2)26(13)23-18(28)15-7-4-3-5-8-15)17(27)12-29-20-22-19-21-9-6-10-25(19)24-20/h3-11H,12H2,1-2H3,(H,23,28). The maximum Gasteiger partial charge on any atom is 0.270 e. The molecule has 0 spiro atoms. The van der Waals surface area contributed by atoms with Gasteiger partial charge in [-0.3, -0.25) is 19.7 Å². The Morgan fingerprint density at radius 2 is 1.93 bits per heavy atom. The van der Waals surface area contributed by atoms with Gasteiger partial charge in [0.05, 0.1) is 5.75 Å². The first-order chi connectivity index (χ1) is 14.0. The third kappa shape index (κ3) is 3.90. The van der Waals surface area contributed by atoms with Crippen molar-refractivity contribution in [1.29, 1.82) is 0 Å². The van der Waals surface area contributed by atoms with E-state index in [9.17, 15) is 9.59 Å². The van der Waals surface area contributed by atoms with E-state index in [1.165, 1.54) is 11.8 Å². The monoisotopic (exact) mass is 406 g/mol. The van der Waals surface area contributed by atoms with Crippen LogP contribution in [0.1, 0.15) is 32.1 Å². The molecule has 0 radical (unpaired) electrons. The van der Waals surface area contributed by atoms with Crippen LogP contribution in [0.15, 0.2) is 60.0 Å². The van der Waals surface area contributed by atoms with E-state index in [2.05, 4.69) is 20.5 Å². The lowest BCUT2D eigenvalue weighted by Crippen LogP contribution is -2.25. The molecule has 146 valence electrons. The molecule has 29 heavy (non-hydrogen) atoms. The van der Waals surface area contributed by atoms with Crippen molar-refractivity contribution in [2.24, 2.45) is 0 Å². The number of amides is 1. The molecule has 9 heteroatoms. The zero-order valence-electron chi connectivity index (χ0n) is 15.9. The Bertz CT molecular complexity index is 1170. The predicted octanol–water partition coefficient (Wildman–Crippen LogP) is 2.90. The number of aryl methyl sites for hydroxylation is 1. The summed E-state index contributed by atoms with van der Waals surface area (Å²) in [6.07, 6.45) is 3.40. The van der Waals surface area contributed by atoms with E-state index in [1.54, 1.807) is 58.0 Å². The fourth-order valence-corrected chi connectivity index (χ4v) is 3.66. The third-order valence-electron chi connectivity index (χ3n) is 4.41. The first kappa shape index (κ1) is 18.9. The van der Waals surface area contributed by atoms with E-state index in [-0.39, 0.29) is 17.4 Å². The van der Waals surface area contributed by atoms with Crippen molar-refractivity contribution < 1.29 is 9.59 Å². The Kier molecular flexibility index (Phi) is 5.13. The molecule has 0 saturated heterocycles. The van der Waals surface area contributed by atoms with Crippen LogP contribution < -0.4 is 5.43 Å². The molecule has 1 aromatic carbocycles. The van der Waals surface area contributed by atoms with E-state index in [1.807, 2.05) is 19.9 Å². The van der Waals surface area contributed by atoms with Gasteiger partial charge in [-0.2, -0.15) is 4.98 Å². The van der Waals surface area contributed by atoms with Crippen LogP contribution >= 0.6 is 11.8 Å². The minimum Gasteiger partial charge on any atom is -0.293 e. The van der Waals surface area contributed by atoms with E-state index in [0.29, 0.717) is 27.8 Å². The maximum atomic E-state index is 12.8. The number of carbonyl (C=O) groups excluding carboxylic acids is 2. The second-order valence-corrected chi connectivity index (χ2v) is 7.34. The second kappa shape index (κ2) is 7.88. The number of rotatable bonds is 6. The van der Waals surface area contributed by atoms with Gasteiger partial charge in [-0.05, 0) is 38.1 Å². The lowest BCUT2D eigenvalue weighted by molar-refractivity contribution is 0.0999. The summed E-state index contributed by atoms with van der Waals surface area (Å²) in [6.45, 7) is 3.65. The van der Waals surface area contributed by atoms with Crippen LogP contribution in [0.2, 0.25) is 0 Å². The highest BCUT2D eigenvalue weighted by Gasteiger charge is 2.18. The zero-order valence-corrected chi connectivity index (χ0v) is 16.7. The number of fused-ring (bicyclic) bond motifs is 1. The first-order valence-corrected chi connectivity index (χ1v) is 9.90. The Morgan fingerprint density at radius 3 is 2.69 bits per heavy atom. The lowest BCUT2D eigenvalue weighted by atomic mass is 10.2. The van der Waals surface area contributed by atoms with Gasteiger partial charge in [-0.15, -0.1) is 5.10 Å². The van der Waals surface area contributed by atoms with Gasteiger partial charge in [0.25, 0.3) is 11.7 Å². The molecule has 4 rings (SSSR count). The second-order valence-electron chi connectivity index (χ2n) is 6.40. The number of aromatic nitrogens is 5. The molecular weight excluding hydrogens is 388 g/mol. The average Bonchev–Trinajstić information content (AvgIpc) is 3.28. The summed E-state index contributed by atoms with van der Waals surface area (Å²) in [5.74, 6) is 0.384. The minimum atomic E-state index is -0.234. The number of benzene rings is 1. The van der Waals surface area contributed by atoms with Crippen molar-refractivity contribution in [2.45, 2.75) is 19.0 Å². The van der Waals surface area contributed by atoms with Crippen LogP contribution in [-0.2, 0) is 0 Å². The molecule has 0 bridgehead atoms. The molecule has 1 N–H and O–H groups in total. The van der Waals surface area contributed by atoms with E-state index < -0.39 is 0 Å². The summed E-state index contributed by atoms with van der Waals surface area (Å²) in [5.41, 5.74) is 5.41. The predicted molar refractivity (Wildman–Crippen MR) is 110 cm³/mol. The number of nitrogens with one attached hydrogen (secondary N) is 1. The van der Waals surface area contributed by atoms with Crippen molar-refractivity contribution >= 4 is 29.2 Å². The van der Waals surface area contributed by atoms with Crippen LogP contribution in [0.5, 0.6) is 0 Å². The number of hydrogen-bond donors (Lipinski definition) is 1. The molecule has 0 unspecified atom stereocenters. The fraction of sp³-hybridized carbons (Fsp3) is 0.150. The highest BCUT2D eigenvalue weighted by molar-refractivity contribution is 7.99. The van der Waals surface area contributed by atoms with Crippen molar-refractivity contribution in [3.05, 3.63) is 77.4 Å². The molecule has 0 fully saturated rings. The Hall–Kier alpha value is -3.46. The van der Waals surface area contributed by atoms with E-state index >= 15 is 0 Å². The zero-order chi connectivity index (χ0) is 20.4. The average molecular weight is 406 g/mol. The van der Waals surface area contributed by atoms with Crippen LogP contribution in [0.4, 0.5) is 0 Å². The summed E-state index contributed by atoms with van der Waals surface area (Å²) < 4.78 is 3.21. The van der Waals surface area contributed by atoms with Gasteiger partial charge in [-0.25, -0.2) is 9.50 Å². The lowest BCUT2D eigenvalue weighted by Gasteiger charge is -2.11. The van der Waals surface area contributed by atoms with Crippen LogP contribution in [-0.4, -0.2) is 41.7 Å². The van der Waals surface area contributed by atoms with Crippen molar-refractivity contribution in [3.8, 4) is 0 Å². The highest BCUT2D eigenvalue weighted by Crippen LogP contribution is 2.20. The number of Topliss-reactive ketones (excluding diaryl/α,β-unsaturated/α-hetero) is 1. The van der Waals surface area contributed by atoms with E-state index in [0.717, 1.165) is 5.69 Å². The highest BCUT2D eigenvalue weighted by atomic mass is 32.2. The molecule has 8 nitrogen and oxygen atoms in total. The van der Waals surface area contributed by atoms with Gasteiger partial charge in [0.2, 0.25) is 5.16 Å². The summed E-state index contributed by atoms with van der Waals surface area (Å²) in [7, 11) is 0. The molecule has 4 aromatic rings. The minimum absolute atomic E-state index is 0.0601. The van der Waals surface area contributed by atoms with Gasteiger partial charge in [0.15, 0.2) is 5.78 Å². The summed E-state index contributed by atoms with van der Waals surface area (Å²) in [6, 6.07) is 12.5. The smallest absolute Gasteiger partial charge is 0.270 e. The van der Waals surface area contributed by atoms with E-state index in [4.69, 9.17) is 0 Å². The number of thioether (sulfide) groups is 1. The quantitative estimate of drug-likeness (QED) is 0.391. The van der Waals surface area contributed by atoms with Gasteiger partial charge < -0.3 is 0 Å². The molecule has 1 amide bonds. The van der Waals surface area contributed by atoms with Crippen LogP contribution in [0.25, 0.3) is 5.78 Å². The number of ketones is 1. The molecule has 0 aliphatic rings. The Labute approximate surface area is 171 Å². The summed E-state index contributed by atoms with van der Waals surface area (Å²) in [5, 5.41) is 4.78. The molecule has 0 atom stereocenters. The molecule has 3 heterocycles. The Balaban J connectivity index is 1.47. The Morgan fingerprint density at radius 1 is 1.14 bits per heavy atom. The molecule has 3 aromatic heterocycles.